The number of hydrogen-bond donors (Lipinski definition) is 2. The minimum atomic E-state index is -0.570. The zero-order valence-corrected chi connectivity index (χ0v) is 9.00. The number of aromatic nitrogens is 1. The van der Waals surface area contributed by atoms with Crippen molar-refractivity contribution in [3.63, 3.8) is 0 Å². The van der Waals surface area contributed by atoms with Gasteiger partial charge in [-0.25, -0.2) is 4.79 Å². The molecule has 1 aromatic rings. The molecule has 2 N–H and O–H groups in total. The number of carbonyl (C=O) groups excluding carboxylic acids is 1. The second-order valence-corrected chi connectivity index (χ2v) is 2.95. The fourth-order valence-corrected chi connectivity index (χ4v) is 1.06. The molecule has 0 spiro atoms. The Hall–Kier alpha value is -1.69. The lowest BCUT2D eigenvalue weighted by Crippen LogP contribution is -2.34. The summed E-state index contributed by atoms with van der Waals surface area (Å²) in [5.41, 5.74) is 0.708. The average molecular weight is 225 g/mol. The Morgan fingerprint density at radius 1 is 1.67 bits per heavy atom. The van der Waals surface area contributed by atoms with E-state index in [9.17, 15) is 4.79 Å². The van der Waals surface area contributed by atoms with E-state index in [0.29, 0.717) is 12.3 Å². The van der Waals surface area contributed by atoms with Crippen molar-refractivity contribution in [3.05, 3.63) is 24.5 Å². The Labute approximate surface area is 92.8 Å². The Bertz CT molecular complexity index is 342. The molecule has 6 heteroatoms. The van der Waals surface area contributed by atoms with Crippen LogP contribution in [0.2, 0.25) is 0 Å². The molecule has 1 heterocycles. The number of anilines is 1. The summed E-state index contributed by atoms with van der Waals surface area (Å²) in [6, 6.07) is 3.54. The number of nitrogens with zero attached hydrogens (tertiary/aromatic N) is 1. The van der Waals surface area contributed by atoms with Crippen LogP contribution in [0.5, 0.6) is 0 Å². The van der Waals surface area contributed by atoms with Crippen molar-refractivity contribution in [2.45, 2.75) is 6.92 Å². The van der Waals surface area contributed by atoms with Gasteiger partial charge in [-0.1, -0.05) is 0 Å². The first kappa shape index (κ1) is 11.4. The van der Waals surface area contributed by atoms with Crippen molar-refractivity contribution in [2.75, 3.05) is 11.9 Å². The number of amides is 1. The van der Waals surface area contributed by atoms with Crippen LogP contribution < -0.4 is 10.6 Å². The Kier molecular flexibility index (Phi) is 4.49. The van der Waals surface area contributed by atoms with E-state index in [0.717, 1.165) is 0 Å². The Morgan fingerprint density at radius 2 is 2.47 bits per heavy atom. The summed E-state index contributed by atoms with van der Waals surface area (Å²) in [5.74, 6) is 0. The van der Waals surface area contributed by atoms with Gasteiger partial charge in [0.15, 0.2) is 5.11 Å². The van der Waals surface area contributed by atoms with Gasteiger partial charge in [0.05, 0.1) is 18.5 Å². The van der Waals surface area contributed by atoms with Gasteiger partial charge >= 0.3 is 6.09 Å². The van der Waals surface area contributed by atoms with Crippen molar-refractivity contribution >= 4 is 29.1 Å². The average Bonchev–Trinajstić information content (AvgIpc) is 2.19. The van der Waals surface area contributed by atoms with Crippen molar-refractivity contribution in [1.29, 1.82) is 0 Å². The minimum absolute atomic E-state index is 0.182. The van der Waals surface area contributed by atoms with Gasteiger partial charge in [-0.2, -0.15) is 0 Å². The number of nitrogens with one attached hydrogen (secondary N) is 2. The van der Waals surface area contributed by atoms with Crippen LogP contribution >= 0.6 is 12.2 Å². The minimum Gasteiger partial charge on any atom is -0.450 e. The van der Waals surface area contributed by atoms with E-state index in [1.165, 1.54) is 0 Å². The maximum atomic E-state index is 11.0. The van der Waals surface area contributed by atoms with Crippen molar-refractivity contribution < 1.29 is 9.53 Å². The Morgan fingerprint density at radius 3 is 3.07 bits per heavy atom. The highest BCUT2D eigenvalue weighted by molar-refractivity contribution is 7.80. The third-order valence-electron chi connectivity index (χ3n) is 1.41. The predicted molar refractivity (Wildman–Crippen MR) is 60.6 cm³/mol. The summed E-state index contributed by atoms with van der Waals surface area (Å²) in [7, 11) is 0. The van der Waals surface area contributed by atoms with E-state index in [4.69, 9.17) is 12.2 Å². The van der Waals surface area contributed by atoms with Crippen LogP contribution in [0.3, 0.4) is 0 Å². The quantitative estimate of drug-likeness (QED) is 0.747. The van der Waals surface area contributed by atoms with E-state index in [1.54, 1.807) is 31.5 Å². The highest BCUT2D eigenvalue weighted by Gasteiger charge is 2.03. The van der Waals surface area contributed by atoms with Crippen LogP contribution in [0.15, 0.2) is 24.5 Å². The van der Waals surface area contributed by atoms with Crippen LogP contribution in [0.1, 0.15) is 6.92 Å². The molecule has 1 rings (SSSR count). The molecular weight excluding hydrogens is 214 g/mol. The Balaban J connectivity index is 2.40. The summed E-state index contributed by atoms with van der Waals surface area (Å²) in [6.07, 6.45) is 2.67. The number of carbonyl (C=O) groups is 1. The summed E-state index contributed by atoms with van der Waals surface area (Å²) < 4.78 is 4.66. The molecule has 0 unspecified atom stereocenters. The number of thiocarbonyl (C=S) groups is 1. The van der Waals surface area contributed by atoms with Crippen molar-refractivity contribution in [1.82, 2.24) is 10.3 Å². The maximum Gasteiger partial charge on any atom is 0.413 e. The van der Waals surface area contributed by atoms with Crippen molar-refractivity contribution in [3.8, 4) is 0 Å². The monoisotopic (exact) mass is 225 g/mol. The third kappa shape index (κ3) is 4.37. The number of hydrogen-bond acceptors (Lipinski definition) is 4. The van der Waals surface area contributed by atoms with Gasteiger partial charge in [-0.05, 0) is 31.3 Å². The number of pyridine rings is 1. The number of rotatable bonds is 2. The lowest BCUT2D eigenvalue weighted by molar-refractivity contribution is 0.158. The SMILES string of the molecule is CCOC(=O)NC(=S)Nc1cccnc1. The first-order valence-corrected chi connectivity index (χ1v) is 4.78. The molecule has 1 aromatic heterocycles. The van der Waals surface area contributed by atoms with E-state index in [1.807, 2.05) is 0 Å². The first-order chi connectivity index (χ1) is 7.22. The molecule has 80 valence electrons. The summed E-state index contributed by atoms with van der Waals surface area (Å²) in [5, 5.41) is 5.33. The molecule has 0 bridgehead atoms. The standard InChI is InChI=1S/C9H11N3O2S/c1-2-14-9(13)12-8(15)11-7-4-3-5-10-6-7/h3-6H,2H2,1H3,(H2,11,12,13,15). The molecule has 0 aliphatic carbocycles. The molecule has 5 nitrogen and oxygen atoms in total. The number of ether oxygens (including phenoxy) is 1. The van der Waals surface area contributed by atoms with Gasteiger partial charge < -0.3 is 10.1 Å². The van der Waals surface area contributed by atoms with Gasteiger partial charge in [0.1, 0.15) is 0 Å². The smallest absolute Gasteiger partial charge is 0.413 e. The van der Waals surface area contributed by atoms with Gasteiger partial charge in [0, 0.05) is 6.20 Å². The largest absolute Gasteiger partial charge is 0.450 e. The molecule has 0 saturated carbocycles. The van der Waals surface area contributed by atoms with Crippen LogP contribution in [0.25, 0.3) is 0 Å². The first-order valence-electron chi connectivity index (χ1n) is 4.37. The van der Waals surface area contributed by atoms with Gasteiger partial charge in [-0.15, -0.1) is 0 Å². The normalized spacial score (nSPS) is 9.13. The molecule has 15 heavy (non-hydrogen) atoms. The second-order valence-electron chi connectivity index (χ2n) is 2.54. The zero-order valence-electron chi connectivity index (χ0n) is 8.19. The lowest BCUT2D eigenvalue weighted by Gasteiger charge is -2.08. The van der Waals surface area contributed by atoms with Crippen LogP contribution in [0.4, 0.5) is 10.5 Å². The fraction of sp³-hybridized carbons (Fsp3) is 0.222. The predicted octanol–water partition coefficient (Wildman–Crippen LogP) is 1.52. The van der Waals surface area contributed by atoms with E-state index in [2.05, 4.69) is 20.4 Å². The van der Waals surface area contributed by atoms with E-state index in [-0.39, 0.29) is 5.11 Å². The van der Waals surface area contributed by atoms with Crippen LogP contribution in [-0.4, -0.2) is 22.8 Å². The van der Waals surface area contributed by atoms with E-state index < -0.39 is 6.09 Å². The third-order valence-corrected chi connectivity index (χ3v) is 1.61. The molecule has 1 amide bonds. The van der Waals surface area contributed by atoms with Gasteiger partial charge in [-0.3, -0.25) is 10.3 Å². The molecule has 0 atom stereocenters. The molecule has 0 aliphatic heterocycles. The fourth-order valence-electron chi connectivity index (χ4n) is 0.859. The molecule has 0 radical (unpaired) electrons. The topological polar surface area (TPSA) is 63.2 Å². The lowest BCUT2D eigenvalue weighted by atomic mass is 10.4. The molecule has 0 aromatic carbocycles. The summed E-state index contributed by atoms with van der Waals surface area (Å²) in [4.78, 5) is 14.9. The van der Waals surface area contributed by atoms with Crippen LogP contribution in [-0.2, 0) is 4.74 Å². The highest BCUT2D eigenvalue weighted by Crippen LogP contribution is 2.01. The summed E-state index contributed by atoms with van der Waals surface area (Å²) in [6.45, 7) is 2.03. The van der Waals surface area contributed by atoms with Gasteiger partial charge in [0.25, 0.3) is 0 Å². The zero-order chi connectivity index (χ0) is 11.1. The molecule has 0 fully saturated rings. The molecular formula is C9H11N3O2S. The molecule has 0 saturated heterocycles. The van der Waals surface area contributed by atoms with Crippen molar-refractivity contribution in [2.24, 2.45) is 0 Å². The van der Waals surface area contributed by atoms with E-state index >= 15 is 0 Å². The maximum absolute atomic E-state index is 11.0. The number of alkyl carbamates (subject to hydrolysis) is 1. The summed E-state index contributed by atoms with van der Waals surface area (Å²) >= 11 is 4.88. The van der Waals surface area contributed by atoms with Crippen LogP contribution in [0, 0.1) is 0 Å². The molecule has 0 aliphatic rings. The van der Waals surface area contributed by atoms with Gasteiger partial charge in [0.2, 0.25) is 0 Å². The highest BCUT2D eigenvalue weighted by atomic mass is 32.1. The second kappa shape index (κ2) is 5.92.